The topological polar surface area (TPSA) is 57.6 Å². The molecule has 1 rings (SSSR count). The number of halogens is 1. The molecule has 0 atom stereocenters. The highest BCUT2D eigenvalue weighted by Gasteiger charge is 2.17. The third kappa shape index (κ3) is 3.84. The summed E-state index contributed by atoms with van der Waals surface area (Å²) in [6.45, 7) is 4.47. The maximum Gasteiger partial charge on any atom is 0.305 e. The minimum atomic E-state index is -0.899. The van der Waals surface area contributed by atoms with E-state index in [1.165, 1.54) is 4.90 Å². The van der Waals surface area contributed by atoms with Gasteiger partial charge in [0.2, 0.25) is 0 Å². The lowest BCUT2D eigenvalue weighted by molar-refractivity contribution is -0.137. The second-order valence-electron chi connectivity index (χ2n) is 4.01. The lowest BCUT2D eigenvalue weighted by Gasteiger charge is -2.20. The molecule has 98 valence electrons. The van der Waals surface area contributed by atoms with Crippen molar-refractivity contribution in [3.8, 4) is 0 Å². The Morgan fingerprint density at radius 1 is 1.39 bits per heavy atom. The number of nitrogens with zero attached hydrogens (tertiary/aromatic N) is 1. The number of hydrogen-bond acceptors (Lipinski definition) is 2. The maximum atomic E-state index is 12.3. The van der Waals surface area contributed by atoms with Gasteiger partial charge in [0, 0.05) is 17.6 Å². The fourth-order valence-electron chi connectivity index (χ4n) is 1.61. The smallest absolute Gasteiger partial charge is 0.305 e. The summed E-state index contributed by atoms with van der Waals surface area (Å²) in [5, 5.41) is 8.66. The summed E-state index contributed by atoms with van der Waals surface area (Å²) in [4.78, 5) is 24.4. The average molecular weight is 314 g/mol. The van der Waals surface area contributed by atoms with Gasteiger partial charge in [-0.1, -0.05) is 11.6 Å². The van der Waals surface area contributed by atoms with Gasteiger partial charge in [-0.05, 0) is 41.9 Å². The third-order valence-electron chi connectivity index (χ3n) is 2.62. The molecule has 0 saturated carbocycles. The van der Waals surface area contributed by atoms with Gasteiger partial charge in [0.15, 0.2) is 0 Å². The Labute approximate surface area is 115 Å². The van der Waals surface area contributed by atoms with Gasteiger partial charge in [-0.25, -0.2) is 0 Å². The zero-order valence-electron chi connectivity index (χ0n) is 10.4. The highest BCUT2D eigenvalue weighted by Crippen LogP contribution is 2.20. The number of carboxylic acids is 1. The average Bonchev–Trinajstić information content (AvgIpc) is 2.32. The number of amides is 1. The van der Waals surface area contributed by atoms with E-state index in [9.17, 15) is 9.59 Å². The lowest BCUT2D eigenvalue weighted by Crippen LogP contribution is -2.33. The Hall–Kier alpha value is -1.36. The molecular weight excluding hydrogens is 298 g/mol. The van der Waals surface area contributed by atoms with Crippen molar-refractivity contribution in [1.82, 2.24) is 4.90 Å². The Morgan fingerprint density at radius 3 is 2.61 bits per heavy atom. The van der Waals surface area contributed by atoms with Crippen molar-refractivity contribution in [1.29, 1.82) is 0 Å². The van der Waals surface area contributed by atoms with Gasteiger partial charge >= 0.3 is 5.97 Å². The number of aliphatic carboxylic acids is 1. The van der Waals surface area contributed by atoms with Gasteiger partial charge in [-0.15, -0.1) is 0 Å². The molecule has 1 amide bonds. The third-order valence-corrected chi connectivity index (χ3v) is 3.31. The fourth-order valence-corrected chi connectivity index (χ4v) is 2.02. The monoisotopic (exact) mass is 313 g/mol. The summed E-state index contributed by atoms with van der Waals surface area (Å²) in [5.74, 6) is -1.04. The van der Waals surface area contributed by atoms with Crippen molar-refractivity contribution in [3.63, 3.8) is 0 Å². The van der Waals surface area contributed by atoms with Gasteiger partial charge in [-0.2, -0.15) is 0 Å². The van der Waals surface area contributed by atoms with Crippen LogP contribution in [0, 0.1) is 6.92 Å². The summed E-state index contributed by atoms with van der Waals surface area (Å²) in [7, 11) is 0. The van der Waals surface area contributed by atoms with E-state index >= 15 is 0 Å². The minimum Gasteiger partial charge on any atom is -0.481 e. The first-order valence-corrected chi connectivity index (χ1v) is 6.52. The van der Waals surface area contributed by atoms with Crippen LogP contribution in [0.25, 0.3) is 0 Å². The van der Waals surface area contributed by atoms with Crippen molar-refractivity contribution < 1.29 is 14.7 Å². The van der Waals surface area contributed by atoms with Crippen LogP contribution < -0.4 is 0 Å². The summed E-state index contributed by atoms with van der Waals surface area (Å²) in [6.07, 6.45) is -0.0387. The van der Waals surface area contributed by atoms with E-state index in [1.54, 1.807) is 6.07 Å². The molecule has 0 spiro atoms. The zero-order chi connectivity index (χ0) is 13.7. The molecule has 1 aromatic rings. The molecule has 0 unspecified atom stereocenters. The second-order valence-corrected chi connectivity index (χ2v) is 4.87. The van der Waals surface area contributed by atoms with Gasteiger partial charge < -0.3 is 10.0 Å². The molecule has 1 aromatic carbocycles. The van der Waals surface area contributed by atoms with Crippen molar-refractivity contribution in [3.05, 3.63) is 33.8 Å². The van der Waals surface area contributed by atoms with E-state index in [0.29, 0.717) is 12.1 Å². The summed E-state index contributed by atoms with van der Waals surface area (Å²) in [5.41, 5.74) is 1.57. The molecule has 0 saturated heterocycles. The van der Waals surface area contributed by atoms with Crippen LogP contribution in [0.3, 0.4) is 0 Å². The summed E-state index contributed by atoms with van der Waals surface area (Å²) < 4.78 is 0.729. The van der Waals surface area contributed by atoms with Gasteiger partial charge in [0.25, 0.3) is 5.91 Å². The van der Waals surface area contributed by atoms with E-state index in [1.807, 2.05) is 26.0 Å². The first kappa shape index (κ1) is 14.7. The quantitative estimate of drug-likeness (QED) is 0.909. The second kappa shape index (κ2) is 6.54. The Kier molecular flexibility index (Phi) is 5.34. The summed E-state index contributed by atoms with van der Waals surface area (Å²) >= 11 is 3.34. The van der Waals surface area contributed by atoms with Crippen molar-refractivity contribution in [2.45, 2.75) is 20.3 Å². The molecule has 0 bridgehead atoms. The Bertz CT molecular complexity index is 460. The predicted octanol–water partition coefficient (Wildman–Crippen LogP) is 2.69. The van der Waals surface area contributed by atoms with Gasteiger partial charge in [-0.3, -0.25) is 9.59 Å². The van der Waals surface area contributed by atoms with Crippen LogP contribution in [0.4, 0.5) is 0 Å². The standard InChI is InChI=1S/C13H16BrNO3/c1-3-15(7-6-12(16)17)13(18)10-8-9(2)4-5-11(10)14/h4-5,8H,3,6-7H2,1-2H3,(H,16,17). The number of carbonyl (C=O) groups is 2. The predicted molar refractivity (Wildman–Crippen MR) is 72.7 cm³/mol. The zero-order valence-corrected chi connectivity index (χ0v) is 12.0. The number of carboxylic acid groups (broad SMARTS) is 1. The van der Waals surface area contributed by atoms with Crippen LogP contribution in [-0.4, -0.2) is 35.0 Å². The van der Waals surface area contributed by atoms with Crippen molar-refractivity contribution >= 4 is 27.8 Å². The number of hydrogen-bond donors (Lipinski definition) is 1. The first-order chi connectivity index (χ1) is 8.45. The highest BCUT2D eigenvalue weighted by molar-refractivity contribution is 9.10. The molecule has 0 heterocycles. The fraction of sp³-hybridized carbons (Fsp3) is 0.385. The maximum absolute atomic E-state index is 12.3. The molecule has 18 heavy (non-hydrogen) atoms. The SMILES string of the molecule is CCN(CCC(=O)O)C(=O)c1cc(C)ccc1Br. The molecule has 0 aliphatic carbocycles. The van der Waals surface area contributed by atoms with Crippen LogP contribution >= 0.6 is 15.9 Å². The molecule has 0 aliphatic rings. The molecule has 0 radical (unpaired) electrons. The van der Waals surface area contributed by atoms with E-state index in [4.69, 9.17) is 5.11 Å². The van der Waals surface area contributed by atoms with Gasteiger partial charge in [0.1, 0.15) is 0 Å². The van der Waals surface area contributed by atoms with Crippen molar-refractivity contribution in [2.24, 2.45) is 0 Å². The highest BCUT2D eigenvalue weighted by atomic mass is 79.9. The largest absolute Gasteiger partial charge is 0.481 e. The number of benzene rings is 1. The molecule has 4 nitrogen and oxygen atoms in total. The number of rotatable bonds is 5. The molecule has 5 heteroatoms. The van der Waals surface area contributed by atoms with Gasteiger partial charge in [0.05, 0.1) is 12.0 Å². The number of aryl methyl sites for hydroxylation is 1. The summed E-state index contributed by atoms with van der Waals surface area (Å²) in [6, 6.07) is 5.54. The van der Waals surface area contributed by atoms with E-state index < -0.39 is 5.97 Å². The number of carbonyl (C=O) groups excluding carboxylic acids is 1. The van der Waals surface area contributed by atoms with E-state index in [2.05, 4.69) is 15.9 Å². The van der Waals surface area contributed by atoms with E-state index in [0.717, 1.165) is 10.0 Å². The van der Waals surface area contributed by atoms with Crippen LogP contribution in [0.2, 0.25) is 0 Å². The van der Waals surface area contributed by atoms with Crippen LogP contribution in [0.1, 0.15) is 29.3 Å². The molecule has 0 fully saturated rings. The lowest BCUT2D eigenvalue weighted by atomic mass is 10.1. The molecule has 0 aromatic heterocycles. The minimum absolute atomic E-state index is 0.0387. The Balaban J connectivity index is 2.89. The molecular formula is C13H16BrNO3. The van der Waals surface area contributed by atoms with Crippen LogP contribution in [-0.2, 0) is 4.79 Å². The first-order valence-electron chi connectivity index (χ1n) is 5.73. The van der Waals surface area contributed by atoms with E-state index in [-0.39, 0.29) is 18.9 Å². The van der Waals surface area contributed by atoms with Crippen molar-refractivity contribution in [2.75, 3.05) is 13.1 Å². The normalized spacial score (nSPS) is 10.2. The molecule has 0 aliphatic heterocycles. The van der Waals surface area contributed by atoms with Crippen LogP contribution in [0.5, 0.6) is 0 Å². The van der Waals surface area contributed by atoms with Crippen LogP contribution in [0.15, 0.2) is 22.7 Å². The molecule has 1 N–H and O–H groups in total. The Morgan fingerprint density at radius 2 is 2.06 bits per heavy atom.